The second kappa shape index (κ2) is 6.33. The molecule has 1 unspecified atom stereocenters. The minimum atomic E-state index is 0.268. The highest BCUT2D eigenvalue weighted by molar-refractivity contribution is 5.53. The molecule has 1 atom stereocenters. The molecule has 0 aliphatic carbocycles. The van der Waals surface area contributed by atoms with Crippen molar-refractivity contribution < 1.29 is 4.74 Å². The third-order valence-electron chi connectivity index (χ3n) is 2.23. The molecule has 0 saturated heterocycles. The van der Waals surface area contributed by atoms with E-state index in [0.29, 0.717) is 6.61 Å². The van der Waals surface area contributed by atoms with Gasteiger partial charge in [0.15, 0.2) is 0 Å². The topological polar surface area (TPSA) is 37.4 Å². The van der Waals surface area contributed by atoms with Gasteiger partial charge in [0, 0.05) is 44.7 Å². The highest BCUT2D eigenvalue weighted by atomic mass is 16.5. The van der Waals surface area contributed by atoms with Crippen LogP contribution < -0.4 is 10.2 Å². The summed E-state index contributed by atoms with van der Waals surface area (Å²) < 4.78 is 5.34. The van der Waals surface area contributed by atoms with Crippen LogP contribution in [0.1, 0.15) is 13.8 Å². The lowest BCUT2D eigenvalue weighted by atomic mass is 10.3. The van der Waals surface area contributed by atoms with Crippen molar-refractivity contribution in [3.63, 3.8) is 0 Å². The summed E-state index contributed by atoms with van der Waals surface area (Å²) in [4.78, 5) is 6.33. The zero-order chi connectivity index (χ0) is 12.0. The Kier molecular flexibility index (Phi) is 5.05. The molecule has 4 nitrogen and oxygen atoms in total. The Hall–Kier alpha value is -1.29. The number of anilines is 2. The minimum absolute atomic E-state index is 0.268. The van der Waals surface area contributed by atoms with Gasteiger partial charge in [-0.3, -0.25) is 0 Å². The van der Waals surface area contributed by atoms with E-state index in [9.17, 15) is 0 Å². The average molecular weight is 223 g/mol. The van der Waals surface area contributed by atoms with E-state index in [0.717, 1.165) is 18.1 Å². The Balaban J connectivity index is 2.56. The van der Waals surface area contributed by atoms with E-state index in [1.54, 1.807) is 0 Å². The van der Waals surface area contributed by atoms with Crippen LogP contribution in [0.3, 0.4) is 0 Å². The Morgan fingerprint density at radius 2 is 2.25 bits per heavy atom. The Morgan fingerprint density at radius 3 is 2.88 bits per heavy atom. The molecule has 1 aromatic rings. The van der Waals surface area contributed by atoms with Crippen LogP contribution in [0.25, 0.3) is 0 Å². The average Bonchev–Trinajstić information content (AvgIpc) is 2.26. The fraction of sp³-hybridized carbons (Fsp3) is 0.583. The van der Waals surface area contributed by atoms with Gasteiger partial charge in [-0.2, -0.15) is 0 Å². The van der Waals surface area contributed by atoms with E-state index < -0.39 is 0 Å². The molecule has 0 fully saturated rings. The first-order chi connectivity index (χ1) is 7.63. The van der Waals surface area contributed by atoms with Crippen molar-refractivity contribution in [2.45, 2.75) is 19.9 Å². The van der Waals surface area contributed by atoms with Gasteiger partial charge in [0.2, 0.25) is 0 Å². The van der Waals surface area contributed by atoms with Crippen molar-refractivity contribution in [2.24, 2.45) is 0 Å². The Bertz CT molecular complexity index is 315. The molecule has 0 radical (unpaired) electrons. The largest absolute Gasteiger partial charge is 0.380 e. The van der Waals surface area contributed by atoms with E-state index in [1.165, 1.54) is 0 Å². The van der Waals surface area contributed by atoms with Crippen molar-refractivity contribution in [3.8, 4) is 0 Å². The molecule has 16 heavy (non-hydrogen) atoms. The van der Waals surface area contributed by atoms with Crippen molar-refractivity contribution in [1.82, 2.24) is 4.98 Å². The Morgan fingerprint density at radius 1 is 1.50 bits per heavy atom. The van der Waals surface area contributed by atoms with Gasteiger partial charge < -0.3 is 15.0 Å². The molecule has 4 heteroatoms. The maximum Gasteiger partial charge on any atom is 0.128 e. The summed E-state index contributed by atoms with van der Waals surface area (Å²) in [5, 5.41) is 3.31. The van der Waals surface area contributed by atoms with E-state index in [4.69, 9.17) is 4.74 Å². The van der Waals surface area contributed by atoms with Crippen LogP contribution in [0.15, 0.2) is 18.3 Å². The molecular weight excluding hydrogens is 202 g/mol. The van der Waals surface area contributed by atoms with E-state index in [2.05, 4.69) is 22.1 Å². The predicted octanol–water partition coefficient (Wildman–Crippen LogP) is 1.98. The summed E-state index contributed by atoms with van der Waals surface area (Å²) in [6, 6.07) is 4.28. The fourth-order valence-corrected chi connectivity index (χ4v) is 1.37. The molecule has 0 aromatic carbocycles. The van der Waals surface area contributed by atoms with E-state index in [1.807, 2.05) is 39.3 Å². The molecule has 90 valence electrons. The van der Waals surface area contributed by atoms with Gasteiger partial charge in [-0.05, 0) is 19.9 Å². The van der Waals surface area contributed by atoms with E-state index >= 15 is 0 Å². The number of nitrogens with one attached hydrogen (secondary N) is 1. The maximum absolute atomic E-state index is 5.34. The first-order valence-electron chi connectivity index (χ1n) is 5.61. The molecule has 0 saturated carbocycles. The summed E-state index contributed by atoms with van der Waals surface area (Å²) in [7, 11) is 4.03. The third-order valence-corrected chi connectivity index (χ3v) is 2.23. The van der Waals surface area contributed by atoms with Gasteiger partial charge in [0.25, 0.3) is 0 Å². The lowest BCUT2D eigenvalue weighted by Gasteiger charge is -2.17. The second-order valence-corrected chi connectivity index (χ2v) is 4.00. The third kappa shape index (κ3) is 4.06. The lowest BCUT2D eigenvalue weighted by Crippen LogP contribution is -2.22. The smallest absolute Gasteiger partial charge is 0.128 e. The van der Waals surface area contributed by atoms with Crippen LogP contribution in [0.2, 0.25) is 0 Å². The van der Waals surface area contributed by atoms with Crippen LogP contribution in [0, 0.1) is 0 Å². The van der Waals surface area contributed by atoms with E-state index in [-0.39, 0.29) is 6.04 Å². The monoisotopic (exact) mass is 223 g/mol. The van der Waals surface area contributed by atoms with Gasteiger partial charge in [-0.25, -0.2) is 4.98 Å². The second-order valence-electron chi connectivity index (χ2n) is 4.00. The number of ether oxygens (including phenoxy) is 1. The van der Waals surface area contributed by atoms with Gasteiger partial charge in [0.05, 0.1) is 6.61 Å². The lowest BCUT2D eigenvalue weighted by molar-refractivity contribution is 0.141. The predicted molar refractivity (Wildman–Crippen MR) is 68.1 cm³/mol. The minimum Gasteiger partial charge on any atom is -0.380 e. The molecule has 1 N–H and O–H groups in total. The van der Waals surface area contributed by atoms with Crippen molar-refractivity contribution in [1.29, 1.82) is 0 Å². The maximum atomic E-state index is 5.34. The van der Waals surface area contributed by atoms with Gasteiger partial charge >= 0.3 is 0 Å². The summed E-state index contributed by atoms with van der Waals surface area (Å²) in [5.74, 6) is 0.887. The molecular formula is C12H21N3O. The molecule has 0 aliphatic heterocycles. The molecule has 1 aromatic heterocycles. The number of hydrogen-bond donors (Lipinski definition) is 1. The van der Waals surface area contributed by atoms with Crippen LogP contribution in [0.4, 0.5) is 11.5 Å². The number of aromatic nitrogens is 1. The molecule has 0 bridgehead atoms. The zero-order valence-electron chi connectivity index (χ0n) is 10.5. The highest BCUT2D eigenvalue weighted by Gasteiger charge is 2.03. The number of rotatable bonds is 6. The summed E-state index contributed by atoms with van der Waals surface area (Å²) in [6.45, 7) is 5.53. The normalized spacial score (nSPS) is 12.2. The fourth-order valence-electron chi connectivity index (χ4n) is 1.37. The first-order valence-corrected chi connectivity index (χ1v) is 5.61. The summed E-state index contributed by atoms with van der Waals surface area (Å²) >= 11 is 0. The van der Waals surface area contributed by atoms with Crippen molar-refractivity contribution in [2.75, 3.05) is 37.5 Å². The van der Waals surface area contributed by atoms with Crippen LogP contribution in [-0.2, 0) is 4.74 Å². The first kappa shape index (κ1) is 12.8. The van der Waals surface area contributed by atoms with Gasteiger partial charge in [-0.1, -0.05) is 0 Å². The molecule has 0 aliphatic rings. The standard InChI is InChI=1S/C12H21N3O/c1-5-16-9-10(2)14-12-8-11(15(3)4)6-7-13-12/h6-8,10H,5,9H2,1-4H3,(H,13,14). The molecule has 0 amide bonds. The van der Waals surface area contributed by atoms with Crippen LogP contribution >= 0.6 is 0 Å². The summed E-state index contributed by atoms with van der Waals surface area (Å²) in [5.41, 5.74) is 1.14. The summed E-state index contributed by atoms with van der Waals surface area (Å²) in [6.07, 6.45) is 1.81. The SMILES string of the molecule is CCOCC(C)Nc1cc(N(C)C)ccn1. The number of nitrogens with zero attached hydrogens (tertiary/aromatic N) is 2. The molecule has 1 rings (SSSR count). The van der Waals surface area contributed by atoms with Crippen molar-refractivity contribution in [3.05, 3.63) is 18.3 Å². The quantitative estimate of drug-likeness (QED) is 0.800. The van der Waals surface area contributed by atoms with Crippen molar-refractivity contribution >= 4 is 11.5 Å². The van der Waals surface area contributed by atoms with Gasteiger partial charge in [0.1, 0.15) is 5.82 Å². The Labute approximate surface area is 97.6 Å². The van der Waals surface area contributed by atoms with Gasteiger partial charge in [-0.15, -0.1) is 0 Å². The zero-order valence-corrected chi connectivity index (χ0v) is 10.5. The van der Waals surface area contributed by atoms with Crippen LogP contribution in [-0.4, -0.2) is 38.3 Å². The molecule has 1 heterocycles. The number of pyridine rings is 1. The number of hydrogen-bond acceptors (Lipinski definition) is 4. The molecule has 0 spiro atoms. The highest BCUT2D eigenvalue weighted by Crippen LogP contribution is 2.15. The van der Waals surface area contributed by atoms with Crippen LogP contribution in [0.5, 0.6) is 0 Å².